The van der Waals surface area contributed by atoms with E-state index < -0.39 is 0 Å². The molecule has 1 aliphatic rings. The molecule has 6 nitrogen and oxygen atoms in total. The van der Waals surface area contributed by atoms with E-state index >= 15 is 0 Å². The van der Waals surface area contributed by atoms with Crippen LogP contribution in [0.2, 0.25) is 0 Å². The number of likely N-dealkylation sites (tertiary alicyclic amines) is 1. The number of nitrogens with one attached hydrogen (secondary N) is 2. The number of aliphatic imine (C=N–C) groups is 1. The van der Waals surface area contributed by atoms with Crippen LogP contribution in [0.1, 0.15) is 42.1 Å². The first-order valence-electron chi connectivity index (χ1n) is 10.7. The van der Waals surface area contributed by atoms with Crippen molar-refractivity contribution >= 4 is 41.3 Å². The molecule has 0 saturated carbocycles. The van der Waals surface area contributed by atoms with Crippen LogP contribution in [-0.4, -0.2) is 54.4 Å². The lowest BCUT2D eigenvalue weighted by atomic mass is 9.88. The molecule has 30 heavy (non-hydrogen) atoms. The van der Waals surface area contributed by atoms with Crippen LogP contribution in [0.4, 0.5) is 0 Å². The minimum Gasteiger partial charge on any atom is -0.356 e. The first-order chi connectivity index (χ1) is 14.0. The summed E-state index contributed by atoms with van der Waals surface area (Å²) in [6.07, 6.45) is 2.52. The second-order valence-electron chi connectivity index (χ2n) is 8.39. The highest BCUT2D eigenvalue weighted by molar-refractivity contribution is 14.0. The highest BCUT2D eigenvalue weighted by Crippen LogP contribution is 2.36. The number of hydrogen-bond donors (Lipinski definition) is 2. The van der Waals surface area contributed by atoms with E-state index in [2.05, 4.69) is 74.8 Å². The van der Waals surface area contributed by atoms with E-state index in [4.69, 9.17) is 0 Å². The molecular weight excluding hydrogens is 507 g/mol. The molecule has 0 radical (unpaired) electrons. The van der Waals surface area contributed by atoms with Crippen molar-refractivity contribution in [1.82, 2.24) is 25.3 Å². The molecule has 3 rings (SSSR count). The van der Waals surface area contributed by atoms with Crippen LogP contribution in [-0.2, 0) is 6.54 Å². The average molecular weight is 545 g/mol. The molecule has 3 heterocycles. The van der Waals surface area contributed by atoms with Crippen LogP contribution >= 0.6 is 35.3 Å². The summed E-state index contributed by atoms with van der Waals surface area (Å²) in [7, 11) is 4.11. The van der Waals surface area contributed by atoms with Crippen LogP contribution in [0.5, 0.6) is 0 Å². The number of aryl methyl sites for hydroxylation is 2. The van der Waals surface area contributed by atoms with Crippen molar-refractivity contribution in [1.29, 1.82) is 0 Å². The summed E-state index contributed by atoms with van der Waals surface area (Å²) < 4.78 is 2.10. The average Bonchev–Trinajstić information content (AvgIpc) is 3.31. The van der Waals surface area contributed by atoms with Crippen LogP contribution in [0.25, 0.3) is 0 Å². The third-order valence-electron chi connectivity index (χ3n) is 5.80. The molecule has 0 spiro atoms. The van der Waals surface area contributed by atoms with Crippen molar-refractivity contribution < 1.29 is 0 Å². The lowest BCUT2D eigenvalue weighted by Crippen LogP contribution is -2.45. The third kappa shape index (κ3) is 6.68. The first kappa shape index (κ1) is 25.1. The molecule has 0 bridgehead atoms. The van der Waals surface area contributed by atoms with Gasteiger partial charge in [0.1, 0.15) is 0 Å². The maximum atomic E-state index is 4.57. The summed E-state index contributed by atoms with van der Waals surface area (Å²) in [5.41, 5.74) is 2.30. The van der Waals surface area contributed by atoms with E-state index in [9.17, 15) is 0 Å². The molecule has 1 aliphatic heterocycles. The van der Waals surface area contributed by atoms with Gasteiger partial charge in [0.25, 0.3) is 0 Å². The SMILES string of the molecule is CN=C(NCC(C)Cn1nc(C)cc1C)NCC1CCCN(C)C1c1cccs1.I. The largest absolute Gasteiger partial charge is 0.356 e. The Hall–Kier alpha value is -1.13. The van der Waals surface area contributed by atoms with Gasteiger partial charge in [-0.25, -0.2) is 0 Å². The topological polar surface area (TPSA) is 57.5 Å². The van der Waals surface area contributed by atoms with Crippen molar-refractivity contribution in [3.8, 4) is 0 Å². The normalized spacial score (nSPS) is 21.2. The van der Waals surface area contributed by atoms with Gasteiger partial charge >= 0.3 is 0 Å². The van der Waals surface area contributed by atoms with Gasteiger partial charge in [-0.3, -0.25) is 14.6 Å². The maximum absolute atomic E-state index is 4.57. The van der Waals surface area contributed by atoms with E-state index in [1.807, 2.05) is 25.3 Å². The number of piperidine rings is 1. The van der Waals surface area contributed by atoms with E-state index in [1.54, 1.807) is 0 Å². The monoisotopic (exact) mass is 544 g/mol. The number of aromatic nitrogens is 2. The summed E-state index contributed by atoms with van der Waals surface area (Å²) in [6.45, 7) is 10.3. The van der Waals surface area contributed by atoms with Gasteiger partial charge in [0, 0.05) is 43.3 Å². The van der Waals surface area contributed by atoms with Gasteiger partial charge < -0.3 is 10.6 Å². The standard InChI is InChI=1S/C22H36N6S.HI/c1-16(15-28-18(3)12-17(2)26-28)13-24-22(23-4)25-14-19-8-6-10-27(5)21(19)20-9-7-11-29-20;/h7,9,11-12,16,19,21H,6,8,10,13-15H2,1-5H3,(H2,23,24,25);1H. The molecule has 3 atom stereocenters. The Bertz CT molecular complexity index is 788. The fourth-order valence-corrected chi connectivity index (χ4v) is 5.30. The minimum absolute atomic E-state index is 0. The van der Waals surface area contributed by atoms with E-state index in [0.717, 1.165) is 31.3 Å². The summed E-state index contributed by atoms with van der Waals surface area (Å²) in [5.74, 6) is 1.95. The lowest BCUT2D eigenvalue weighted by Gasteiger charge is -2.39. The number of hydrogen-bond acceptors (Lipinski definition) is 4. The third-order valence-corrected chi connectivity index (χ3v) is 6.75. The maximum Gasteiger partial charge on any atom is 0.190 e. The van der Waals surface area contributed by atoms with Gasteiger partial charge in [-0.1, -0.05) is 13.0 Å². The highest BCUT2D eigenvalue weighted by Gasteiger charge is 2.31. The summed E-state index contributed by atoms with van der Waals surface area (Å²) >= 11 is 1.87. The molecule has 168 valence electrons. The van der Waals surface area contributed by atoms with Gasteiger partial charge in [0.15, 0.2) is 5.96 Å². The molecule has 1 saturated heterocycles. The van der Waals surface area contributed by atoms with Gasteiger partial charge in [0.05, 0.1) is 5.69 Å². The predicted octanol–water partition coefficient (Wildman–Crippen LogP) is 4.06. The van der Waals surface area contributed by atoms with Crippen molar-refractivity contribution in [3.63, 3.8) is 0 Å². The molecule has 8 heteroatoms. The lowest BCUT2D eigenvalue weighted by molar-refractivity contribution is 0.125. The zero-order valence-electron chi connectivity index (χ0n) is 18.9. The van der Waals surface area contributed by atoms with Gasteiger partial charge in [0.2, 0.25) is 0 Å². The fourth-order valence-electron chi connectivity index (χ4n) is 4.32. The number of nitrogens with zero attached hydrogens (tertiary/aromatic N) is 4. The van der Waals surface area contributed by atoms with Gasteiger partial charge in [-0.05, 0) is 69.6 Å². The molecule has 2 aromatic rings. The number of thiophene rings is 1. The molecule has 0 aromatic carbocycles. The van der Waals surface area contributed by atoms with Crippen molar-refractivity contribution in [2.24, 2.45) is 16.8 Å². The van der Waals surface area contributed by atoms with Crippen LogP contribution in [0.3, 0.4) is 0 Å². The Labute approximate surface area is 202 Å². The van der Waals surface area contributed by atoms with Crippen LogP contribution < -0.4 is 10.6 Å². The number of halogens is 1. The fraction of sp³-hybridized carbons (Fsp3) is 0.636. The van der Waals surface area contributed by atoms with E-state index in [1.165, 1.54) is 30.0 Å². The number of rotatable bonds is 7. The Kier molecular flexibility index (Phi) is 10.1. The summed E-state index contributed by atoms with van der Waals surface area (Å²) in [5, 5.41) is 13.8. The van der Waals surface area contributed by atoms with E-state index in [-0.39, 0.29) is 24.0 Å². The van der Waals surface area contributed by atoms with Crippen molar-refractivity contribution in [3.05, 3.63) is 39.8 Å². The van der Waals surface area contributed by atoms with Gasteiger partial charge in [-0.15, -0.1) is 35.3 Å². The summed E-state index contributed by atoms with van der Waals surface area (Å²) in [6, 6.07) is 7.07. The Morgan fingerprint density at radius 3 is 2.80 bits per heavy atom. The predicted molar refractivity (Wildman–Crippen MR) is 138 cm³/mol. The molecule has 1 fully saturated rings. The van der Waals surface area contributed by atoms with Crippen LogP contribution in [0, 0.1) is 25.7 Å². The smallest absolute Gasteiger partial charge is 0.190 e. The van der Waals surface area contributed by atoms with Crippen LogP contribution in [0.15, 0.2) is 28.6 Å². The first-order valence-corrected chi connectivity index (χ1v) is 11.5. The molecule has 0 aliphatic carbocycles. The second-order valence-corrected chi connectivity index (χ2v) is 9.37. The Morgan fingerprint density at radius 2 is 2.17 bits per heavy atom. The second kappa shape index (κ2) is 12.0. The minimum atomic E-state index is 0. The zero-order chi connectivity index (χ0) is 20.8. The molecule has 3 unspecified atom stereocenters. The molecule has 0 amide bonds. The Balaban J connectivity index is 0.00000320. The molecular formula is C22H37IN6S. The zero-order valence-corrected chi connectivity index (χ0v) is 22.0. The van der Waals surface area contributed by atoms with E-state index in [0.29, 0.717) is 17.9 Å². The Morgan fingerprint density at radius 1 is 1.37 bits per heavy atom. The van der Waals surface area contributed by atoms with Crippen molar-refractivity contribution in [2.75, 3.05) is 33.7 Å². The highest BCUT2D eigenvalue weighted by atomic mass is 127. The molecule has 2 N–H and O–H groups in total. The molecule has 2 aromatic heterocycles. The number of guanidine groups is 1. The quantitative estimate of drug-likeness (QED) is 0.314. The van der Waals surface area contributed by atoms with Crippen molar-refractivity contribution in [2.45, 2.75) is 46.2 Å². The van der Waals surface area contributed by atoms with Gasteiger partial charge in [-0.2, -0.15) is 5.10 Å². The summed E-state index contributed by atoms with van der Waals surface area (Å²) in [4.78, 5) is 8.42.